The topological polar surface area (TPSA) is 71.6 Å². The van der Waals surface area contributed by atoms with Crippen molar-refractivity contribution in [1.82, 2.24) is 4.98 Å². The predicted molar refractivity (Wildman–Crippen MR) is 218 cm³/mol. The zero-order chi connectivity index (χ0) is 35.8. The van der Waals surface area contributed by atoms with Crippen LogP contribution in [0.4, 0.5) is 5.00 Å². The van der Waals surface area contributed by atoms with Crippen LogP contribution in [0, 0.1) is 0 Å². The van der Waals surface area contributed by atoms with Crippen LogP contribution >= 0.6 is 23.1 Å². The summed E-state index contributed by atoms with van der Waals surface area (Å²) in [5.74, 6) is -0.373. The van der Waals surface area contributed by atoms with Crippen molar-refractivity contribution in [2.24, 2.45) is 4.99 Å². The number of carbonyl (C=O) groups is 1. The minimum atomic E-state index is -0.186. The van der Waals surface area contributed by atoms with Gasteiger partial charge in [-0.3, -0.25) is 4.79 Å². The largest absolute Gasteiger partial charge is 0.871 e. The second-order valence-electron chi connectivity index (χ2n) is 14.5. The first-order valence-corrected chi connectivity index (χ1v) is 22.4. The van der Waals surface area contributed by atoms with Gasteiger partial charge in [0.1, 0.15) is 34.3 Å². The van der Waals surface area contributed by atoms with E-state index in [9.17, 15) is 9.90 Å². The molecule has 0 saturated heterocycles. The van der Waals surface area contributed by atoms with Crippen LogP contribution in [-0.2, 0) is 4.79 Å². The van der Waals surface area contributed by atoms with Crippen molar-refractivity contribution in [2.75, 3.05) is 31.1 Å². The number of rotatable bonds is 30. The van der Waals surface area contributed by atoms with Gasteiger partial charge in [0.25, 0.3) is 5.04 Å². The summed E-state index contributed by atoms with van der Waals surface area (Å²) in [6.07, 6.45) is 34.2. The summed E-state index contributed by atoms with van der Waals surface area (Å²) in [6.45, 7) is 13.1. The van der Waals surface area contributed by atoms with Gasteiger partial charge in [0.05, 0.1) is 11.8 Å². The van der Waals surface area contributed by atoms with Crippen molar-refractivity contribution < 1.29 is 14.5 Å². The van der Waals surface area contributed by atoms with Crippen LogP contribution in [0.1, 0.15) is 187 Å². The fourth-order valence-electron chi connectivity index (χ4n) is 6.83. The van der Waals surface area contributed by atoms with Gasteiger partial charge < -0.3 is 10.0 Å². The maximum absolute atomic E-state index is 13.5. The number of thiazole rings is 1. The molecule has 0 amide bonds. The van der Waals surface area contributed by atoms with Crippen molar-refractivity contribution in [3.63, 3.8) is 0 Å². The number of carbonyl (C=O) groups excluding carboxylic acids is 1. The molecule has 0 bridgehead atoms. The quantitative estimate of drug-likeness (QED) is 0.0448. The molecule has 1 aliphatic heterocycles. The molecule has 0 atom stereocenters. The highest BCUT2D eigenvalue weighted by Gasteiger charge is 2.36. The van der Waals surface area contributed by atoms with Crippen molar-refractivity contribution in [1.29, 1.82) is 0 Å². The standard InChI is InChI=1S/C42H70N4O2S2/c1-5-9-13-17-21-25-29-45(30-26-22-18-14-10-6-2)35-33-43-41(49-35)37-39(47)38(40(37)48)42-44-34-36(50-42)46(31-27-23-19-15-11-7-3)32-28-24-20-16-12-8-4/h33-34H,5-32H2,1-4H3. The van der Waals surface area contributed by atoms with E-state index >= 15 is 0 Å². The molecular formula is C42H70N4O2S2. The summed E-state index contributed by atoms with van der Waals surface area (Å²) < 4.78 is 2.45. The number of aliphatic imine (C=N–C) groups is 1. The molecule has 2 aliphatic rings. The van der Waals surface area contributed by atoms with Gasteiger partial charge in [0, 0.05) is 43.3 Å². The van der Waals surface area contributed by atoms with E-state index in [1.54, 1.807) is 0 Å². The maximum Gasteiger partial charge on any atom is 0.259 e. The second kappa shape index (κ2) is 25.9. The zero-order valence-corrected chi connectivity index (χ0v) is 34.0. The third kappa shape index (κ3) is 14.6. The first-order chi connectivity index (χ1) is 24.5. The number of aromatic nitrogens is 1. The Morgan fingerprint density at radius 3 is 1.58 bits per heavy atom. The molecule has 1 aliphatic carbocycles. The average molecular weight is 727 g/mol. The van der Waals surface area contributed by atoms with E-state index in [0.29, 0.717) is 10.0 Å². The number of thioether (sulfide) groups is 1. The Balaban J connectivity index is 1.67. The lowest BCUT2D eigenvalue weighted by atomic mass is 9.89. The molecule has 0 N–H and O–H groups in total. The monoisotopic (exact) mass is 726 g/mol. The number of Topliss-reactive ketones (excluding diaryl/α,β-unsaturated/α-hetero) is 1. The highest BCUT2D eigenvalue weighted by atomic mass is 32.2. The van der Waals surface area contributed by atoms with Crippen molar-refractivity contribution in [3.8, 4) is 0 Å². The Labute approximate surface area is 314 Å². The summed E-state index contributed by atoms with van der Waals surface area (Å²) >= 11 is 3.03. The number of nitrogens with zero attached hydrogens (tertiary/aromatic N) is 4. The minimum Gasteiger partial charge on any atom is -0.871 e. The van der Waals surface area contributed by atoms with Crippen LogP contribution in [0.5, 0.6) is 0 Å². The van der Waals surface area contributed by atoms with Gasteiger partial charge in [-0.1, -0.05) is 160 Å². The van der Waals surface area contributed by atoms with Crippen molar-refractivity contribution >= 4 is 50.7 Å². The number of unbranched alkanes of at least 4 members (excludes halogenated alkanes) is 20. The van der Waals surface area contributed by atoms with E-state index in [1.807, 2.05) is 12.4 Å². The lowest BCUT2D eigenvalue weighted by Crippen LogP contribution is -2.29. The zero-order valence-electron chi connectivity index (χ0n) is 32.4. The molecule has 50 heavy (non-hydrogen) atoms. The number of hydrogen-bond acceptors (Lipinski definition) is 7. The van der Waals surface area contributed by atoms with Gasteiger partial charge in [-0.2, -0.15) is 0 Å². The third-order valence-corrected chi connectivity index (χ3v) is 12.2. The van der Waals surface area contributed by atoms with Crippen LogP contribution in [0.15, 0.2) is 27.6 Å². The summed E-state index contributed by atoms with van der Waals surface area (Å²) in [6, 6.07) is 0. The minimum absolute atomic E-state index is 0.186. The smallest absolute Gasteiger partial charge is 0.259 e. The van der Waals surface area contributed by atoms with E-state index in [4.69, 9.17) is 0 Å². The second-order valence-corrected chi connectivity index (χ2v) is 16.5. The molecule has 0 spiro atoms. The van der Waals surface area contributed by atoms with E-state index in [-0.39, 0.29) is 22.7 Å². The van der Waals surface area contributed by atoms with Crippen LogP contribution in [0.3, 0.4) is 0 Å². The van der Waals surface area contributed by atoms with Gasteiger partial charge in [-0.25, -0.2) is 14.6 Å². The summed E-state index contributed by atoms with van der Waals surface area (Å²) in [4.78, 5) is 25.3. The number of anilines is 1. The molecule has 3 rings (SSSR count). The number of hydrogen-bond donors (Lipinski definition) is 0. The predicted octanol–water partition coefficient (Wildman–Crippen LogP) is 11.5. The fraction of sp³-hybridized carbons (Fsp3) is 0.762. The molecular weight excluding hydrogens is 657 g/mol. The third-order valence-electron chi connectivity index (χ3n) is 10.1. The average Bonchev–Trinajstić information content (AvgIpc) is 3.79. The Hall–Kier alpha value is -1.93. The molecule has 0 aromatic carbocycles. The summed E-state index contributed by atoms with van der Waals surface area (Å²) in [7, 11) is 0. The summed E-state index contributed by atoms with van der Waals surface area (Å²) in [5.41, 5.74) is 0.506. The molecule has 0 unspecified atom stereocenters. The number of ketones is 1. The first kappa shape index (κ1) is 42.5. The van der Waals surface area contributed by atoms with Gasteiger partial charge in [0.15, 0.2) is 5.78 Å². The van der Waals surface area contributed by atoms with E-state index < -0.39 is 0 Å². The molecule has 0 radical (unpaired) electrons. The fourth-order valence-corrected chi connectivity index (χ4v) is 8.85. The molecule has 0 fully saturated rings. The Morgan fingerprint density at radius 1 is 0.640 bits per heavy atom. The Kier molecular flexibility index (Phi) is 22.0. The molecule has 6 nitrogen and oxygen atoms in total. The van der Waals surface area contributed by atoms with Gasteiger partial charge in [-0.15, -0.1) is 0 Å². The van der Waals surface area contributed by atoms with Crippen LogP contribution in [-0.4, -0.2) is 52.8 Å². The lowest BCUT2D eigenvalue weighted by Gasteiger charge is -2.29. The lowest BCUT2D eigenvalue weighted by molar-refractivity contribution is -0.524. The van der Waals surface area contributed by atoms with E-state index in [2.05, 4.69) is 47.1 Å². The Morgan fingerprint density at radius 2 is 1.10 bits per heavy atom. The van der Waals surface area contributed by atoms with E-state index in [1.165, 1.54) is 177 Å². The highest BCUT2D eigenvalue weighted by Crippen LogP contribution is 2.43. The molecule has 8 heteroatoms. The molecule has 1 aromatic rings. The van der Waals surface area contributed by atoms with Crippen LogP contribution in [0.2, 0.25) is 0 Å². The van der Waals surface area contributed by atoms with Gasteiger partial charge >= 0.3 is 0 Å². The first-order valence-electron chi connectivity index (χ1n) is 20.8. The van der Waals surface area contributed by atoms with E-state index in [0.717, 1.165) is 36.2 Å². The molecule has 1 aromatic heterocycles. The van der Waals surface area contributed by atoms with Crippen LogP contribution in [0.25, 0.3) is 5.57 Å². The normalized spacial score (nSPS) is 15.8. The van der Waals surface area contributed by atoms with Crippen LogP contribution < -0.4 is 10.0 Å². The number of allylic oxidation sites excluding steroid dienone is 2. The SMILES string of the molecule is CCCCCCCCN(CCCCCCCC)c1cnc(C2=C([O-])/C(=C3\N=CC(=[N+](CCCCCCCC)CCCCCCCC)S3)C2=O)s1. The molecule has 282 valence electrons. The van der Waals surface area contributed by atoms with Gasteiger partial charge in [0.2, 0.25) is 0 Å². The Bertz CT molecular complexity index is 1210. The molecule has 2 heterocycles. The maximum atomic E-state index is 13.5. The summed E-state index contributed by atoms with van der Waals surface area (Å²) in [5, 5.41) is 16.8. The van der Waals surface area contributed by atoms with Gasteiger partial charge in [-0.05, 0) is 25.7 Å². The van der Waals surface area contributed by atoms with Crippen molar-refractivity contribution in [3.05, 3.63) is 27.6 Å². The highest BCUT2D eigenvalue weighted by molar-refractivity contribution is 8.19. The molecule has 0 saturated carbocycles. The van der Waals surface area contributed by atoms with Crippen molar-refractivity contribution in [2.45, 2.75) is 182 Å².